The lowest BCUT2D eigenvalue weighted by Gasteiger charge is -2.50. The molecule has 0 spiro atoms. The predicted octanol–water partition coefficient (Wildman–Crippen LogP) is 4.48. The Bertz CT molecular complexity index is 306. The Labute approximate surface area is 138 Å². The minimum absolute atomic E-state index is 0. The van der Waals surface area contributed by atoms with Crippen molar-refractivity contribution in [2.24, 2.45) is 17.8 Å². The molecule has 0 aromatic heterocycles. The SMILES string of the molecule is C.CC.CCCC1C2C(CCCO)CCCC2CC(=O)N1C. The highest BCUT2D eigenvalue weighted by atomic mass is 16.2. The van der Waals surface area contributed by atoms with Gasteiger partial charge in [-0.05, 0) is 43.4 Å². The normalized spacial score (nSPS) is 30.8. The lowest BCUT2D eigenvalue weighted by atomic mass is 9.63. The highest BCUT2D eigenvalue weighted by Crippen LogP contribution is 2.46. The van der Waals surface area contributed by atoms with Gasteiger partial charge in [0.1, 0.15) is 0 Å². The molecule has 2 aliphatic rings. The first-order chi connectivity index (χ1) is 10.2. The number of fused-ring (bicyclic) bond motifs is 1. The fourth-order valence-electron chi connectivity index (χ4n) is 4.46. The topological polar surface area (TPSA) is 40.5 Å². The van der Waals surface area contributed by atoms with E-state index < -0.39 is 0 Å². The Hall–Kier alpha value is -0.570. The summed E-state index contributed by atoms with van der Waals surface area (Å²) in [6, 6.07) is 0.445. The molecule has 1 heterocycles. The maximum Gasteiger partial charge on any atom is 0.222 e. The van der Waals surface area contributed by atoms with Crippen LogP contribution in [0.1, 0.15) is 79.6 Å². The van der Waals surface area contributed by atoms with Gasteiger partial charge in [0.2, 0.25) is 5.91 Å². The lowest BCUT2D eigenvalue weighted by molar-refractivity contribution is -0.143. The van der Waals surface area contributed by atoms with Crippen molar-refractivity contribution in [3.05, 3.63) is 0 Å². The molecule has 1 N–H and O–H groups in total. The van der Waals surface area contributed by atoms with Crippen LogP contribution in [-0.2, 0) is 4.79 Å². The number of carbonyl (C=O) groups is 1. The van der Waals surface area contributed by atoms with Crippen LogP contribution >= 0.6 is 0 Å². The van der Waals surface area contributed by atoms with E-state index in [2.05, 4.69) is 6.92 Å². The molecule has 1 saturated heterocycles. The van der Waals surface area contributed by atoms with Gasteiger partial charge in [-0.1, -0.05) is 47.5 Å². The van der Waals surface area contributed by atoms with Gasteiger partial charge in [0.05, 0.1) is 0 Å². The van der Waals surface area contributed by atoms with Crippen LogP contribution in [0.25, 0.3) is 0 Å². The molecule has 0 aromatic carbocycles. The summed E-state index contributed by atoms with van der Waals surface area (Å²) in [7, 11) is 2.00. The minimum Gasteiger partial charge on any atom is -0.396 e. The van der Waals surface area contributed by atoms with Crippen LogP contribution in [0.15, 0.2) is 0 Å². The summed E-state index contributed by atoms with van der Waals surface area (Å²) in [4.78, 5) is 14.2. The maximum absolute atomic E-state index is 12.1. The van der Waals surface area contributed by atoms with Gasteiger partial charge in [0, 0.05) is 26.1 Å². The molecule has 1 aliphatic carbocycles. The molecule has 3 nitrogen and oxygen atoms in total. The summed E-state index contributed by atoms with van der Waals surface area (Å²) in [5, 5.41) is 9.09. The van der Waals surface area contributed by atoms with Crippen molar-refractivity contribution in [1.82, 2.24) is 4.90 Å². The van der Waals surface area contributed by atoms with Gasteiger partial charge in [-0.15, -0.1) is 0 Å². The summed E-state index contributed by atoms with van der Waals surface area (Å²) >= 11 is 0. The first-order valence-corrected chi connectivity index (χ1v) is 9.05. The summed E-state index contributed by atoms with van der Waals surface area (Å²) in [5.41, 5.74) is 0. The quantitative estimate of drug-likeness (QED) is 0.812. The molecule has 1 saturated carbocycles. The van der Waals surface area contributed by atoms with Gasteiger partial charge >= 0.3 is 0 Å². The second kappa shape index (κ2) is 11.0. The van der Waals surface area contributed by atoms with Gasteiger partial charge in [0.25, 0.3) is 0 Å². The highest BCUT2D eigenvalue weighted by molar-refractivity contribution is 5.77. The van der Waals surface area contributed by atoms with Gasteiger partial charge in [-0.25, -0.2) is 0 Å². The van der Waals surface area contributed by atoms with E-state index in [9.17, 15) is 4.79 Å². The zero-order chi connectivity index (χ0) is 15.8. The monoisotopic (exact) mass is 313 g/mol. The van der Waals surface area contributed by atoms with Crippen LogP contribution in [0, 0.1) is 17.8 Å². The Morgan fingerprint density at radius 1 is 1.23 bits per heavy atom. The van der Waals surface area contributed by atoms with Crippen LogP contribution in [0.4, 0.5) is 0 Å². The number of amides is 1. The molecule has 1 amide bonds. The van der Waals surface area contributed by atoms with E-state index in [1.165, 1.54) is 19.3 Å². The summed E-state index contributed by atoms with van der Waals surface area (Å²) in [5.74, 6) is 2.36. The van der Waals surface area contributed by atoms with E-state index >= 15 is 0 Å². The number of piperidine rings is 1. The standard InChI is InChI=1S/C16H29NO2.C2H6.CH4/c1-3-6-14-16-12(9-5-10-18)7-4-8-13(16)11-15(19)17(14)2;1-2;/h12-14,16,18H,3-11H2,1-2H3;1-2H3;1H4. The van der Waals surface area contributed by atoms with E-state index in [4.69, 9.17) is 5.11 Å². The van der Waals surface area contributed by atoms with E-state index in [1.54, 1.807) is 0 Å². The third kappa shape index (κ3) is 4.97. The van der Waals surface area contributed by atoms with Crippen LogP contribution < -0.4 is 0 Å². The number of aliphatic hydroxyl groups is 1. The van der Waals surface area contributed by atoms with Gasteiger partial charge in [-0.2, -0.15) is 0 Å². The molecule has 4 unspecified atom stereocenters. The number of rotatable bonds is 5. The second-order valence-corrected chi connectivity index (χ2v) is 6.46. The van der Waals surface area contributed by atoms with E-state index in [-0.39, 0.29) is 7.43 Å². The molecule has 0 aromatic rings. The first-order valence-electron chi connectivity index (χ1n) is 9.05. The Kier molecular flexibility index (Phi) is 10.8. The summed E-state index contributed by atoms with van der Waals surface area (Å²) in [6.45, 7) is 6.52. The molecule has 2 rings (SSSR count). The van der Waals surface area contributed by atoms with Crippen LogP contribution in [-0.4, -0.2) is 35.6 Å². The lowest BCUT2D eigenvalue weighted by Crippen LogP contribution is -2.53. The second-order valence-electron chi connectivity index (χ2n) is 6.46. The molecule has 1 aliphatic heterocycles. The van der Waals surface area contributed by atoms with Crippen molar-refractivity contribution in [3.8, 4) is 0 Å². The molecular formula is C19H39NO2. The zero-order valence-corrected chi connectivity index (χ0v) is 14.5. The average molecular weight is 314 g/mol. The number of carbonyl (C=O) groups excluding carboxylic acids is 1. The first kappa shape index (κ1) is 21.4. The molecule has 4 atom stereocenters. The number of hydrogen-bond donors (Lipinski definition) is 1. The third-order valence-corrected chi connectivity index (χ3v) is 5.33. The van der Waals surface area contributed by atoms with E-state index in [1.807, 2.05) is 25.8 Å². The van der Waals surface area contributed by atoms with E-state index in [0.29, 0.717) is 30.4 Å². The highest BCUT2D eigenvalue weighted by Gasteiger charge is 2.44. The van der Waals surface area contributed by atoms with E-state index in [0.717, 1.165) is 38.0 Å². The van der Waals surface area contributed by atoms with Gasteiger partial charge < -0.3 is 10.0 Å². The number of hydrogen-bond acceptors (Lipinski definition) is 2. The molecule has 2 fully saturated rings. The third-order valence-electron chi connectivity index (χ3n) is 5.33. The number of aliphatic hydroxyl groups excluding tert-OH is 1. The summed E-state index contributed by atoms with van der Waals surface area (Å²) in [6.07, 6.45) is 8.91. The van der Waals surface area contributed by atoms with Crippen molar-refractivity contribution in [1.29, 1.82) is 0 Å². The number of likely N-dealkylation sites (tertiary alicyclic amines) is 1. The molecular weight excluding hydrogens is 274 g/mol. The van der Waals surface area contributed by atoms with Gasteiger partial charge in [-0.3, -0.25) is 4.79 Å². The molecule has 0 radical (unpaired) electrons. The zero-order valence-electron chi connectivity index (χ0n) is 14.5. The Morgan fingerprint density at radius 3 is 2.50 bits per heavy atom. The smallest absolute Gasteiger partial charge is 0.222 e. The van der Waals surface area contributed by atoms with Crippen molar-refractivity contribution >= 4 is 5.91 Å². The predicted molar refractivity (Wildman–Crippen MR) is 94.8 cm³/mol. The number of nitrogens with zero attached hydrogens (tertiary/aromatic N) is 1. The molecule has 0 bridgehead atoms. The maximum atomic E-state index is 12.1. The summed E-state index contributed by atoms with van der Waals surface area (Å²) < 4.78 is 0. The molecule has 132 valence electrons. The van der Waals surface area contributed by atoms with Crippen molar-refractivity contribution in [3.63, 3.8) is 0 Å². The minimum atomic E-state index is 0. The molecule has 3 heteroatoms. The van der Waals surface area contributed by atoms with Crippen LogP contribution in [0.5, 0.6) is 0 Å². The average Bonchev–Trinajstić information content (AvgIpc) is 2.51. The Morgan fingerprint density at radius 2 is 1.91 bits per heavy atom. The fraction of sp³-hybridized carbons (Fsp3) is 0.947. The molecule has 22 heavy (non-hydrogen) atoms. The van der Waals surface area contributed by atoms with Crippen molar-refractivity contribution < 1.29 is 9.90 Å². The largest absolute Gasteiger partial charge is 0.396 e. The Balaban J connectivity index is 0.00000141. The van der Waals surface area contributed by atoms with Crippen molar-refractivity contribution in [2.75, 3.05) is 13.7 Å². The van der Waals surface area contributed by atoms with Crippen molar-refractivity contribution in [2.45, 2.75) is 85.6 Å². The fourth-order valence-corrected chi connectivity index (χ4v) is 4.46. The van der Waals surface area contributed by atoms with Gasteiger partial charge in [0.15, 0.2) is 0 Å². The van der Waals surface area contributed by atoms with Crippen LogP contribution in [0.2, 0.25) is 0 Å². The van der Waals surface area contributed by atoms with Crippen LogP contribution in [0.3, 0.4) is 0 Å².